The number of hydrogen-bond acceptors (Lipinski definition) is 7. The molecule has 3 heterocycles. The fraction of sp³-hybridized carbons (Fsp3) is 0.409. The number of aromatic amines is 1. The minimum atomic E-state index is -0.547. The summed E-state index contributed by atoms with van der Waals surface area (Å²) < 4.78 is 0. The Bertz CT molecular complexity index is 1190. The number of amides is 2. The first-order valence-electron chi connectivity index (χ1n) is 10.8. The fourth-order valence-electron chi connectivity index (χ4n) is 4.31. The quantitative estimate of drug-likeness (QED) is 0.526. The van der Waals surface area contributed by atoms with Crippen molar-refractivity contribution in [3.8, 4) is 0 Å². The zero-order valence-electron chi connectivity index (χ0n) is 18.9. The number of rotatable bonds is 5. The van der Waals surface area contributed by atoms with Crippen molar-refractivity contribution < 1.29 is 4.79 Å². The van der Waals surface area contributed by atoms with E-state index in [2.05, 4.69) is 47.9 Å². The number of fused-ring (bicyclic) bond motifs is 1. The van der Waals surface area contributed by atoms with Crippen LogP contribution in [0.3, 0.4) is 0 Å². The highest BCUT2D eigenvalue weighted by atomic mass is 35.5. The van der Waals surface area contributed by atoms with Crippen LogP contribution in [0.15, 0.2) is 30.3 Å². The molecule has 1 aromatic carbocycles. The number of carbonyl (C=O) groups excluding carboxylic acids is 1. The second kappa shape index (κ2) is 7.87. The topological polar surface area (TPSA) is 115 Å². The van der Waals surface area contributed by atoms with E-state index in [-0.39, 0.29) is 23.3 Å². The molecule has 2 amide bonds. The second-order valence-corrected chi connectivity index (χ2v) is 9.47. The molecule has 2 atom stereocenters. The van der Waals surface area contributed by atoms with E-state index in [0.29, 0.717) is 24.2 Å². The average molecular weight is 468 g/mol. The van der Waals surface area contributed by atoms with Crippen LogP contribution in [0.1, 0.15) is 43.0 Å². The molecule has 1 fully saturated rings. The molecular formula is C22H26ClN9O. The molecule has 33 heavy (non-hydrogen) atoms. The van der Waals surface area contributed by atoms with Crippen LogP contribution in [0.4, 0.5) is 22.5 Å². The van der Waals surface area contributed by atoms with Crippen LogP contribution >= 0.6 is 11.6 Å². The maximum absolute atomic E-state index is 13.2. The molecule has 10 nitrogen and oxygen atoms in total. The lowest BCUT2D eigenvalue weighted by Gasteiger charge is -2.32. The molecule has 11 heteroatoms. The van der Waals surface area contributed by atoms with Crippen molar-refractivity contribution in [3.63, 3.8) is 0 Å². The number of carbonyl (C=O) groups is 1. The molecule has 0 spiro atoms. The van der Waals surface area contributed by atoms with E-state index in [1.807, 2.05) is 51.0 Å². The van der Waals surface area contributed by atoms with Crippen LogP contribution in [-0.2, 0) is 12.1 Å². The largest absolute Gasteiger partial charge is 0.347 e. The summed E-state index contributed by atoms with van der Waals surface area (Å²) in [4.78, 5) is 29.4. The van der Waals surface area contributed by atoms with Crippen molar-refractivity contribution in [1.82, 2.24) is 35.4 Å². The molecule has 1 aliphatic carbocycles. The number of anilines is 3. The van der Waals surface area contributed by atoms with Gasteiger partial charge in [0.25, 0.3) is 0 Å². The van der Waals surface area contributed by atoms with Crippen molar-refractivity contribution in [2.24, 2.45) is 0 Å². The van der Waals surface area contributed by atoms with Gasteiger partial charge in [-0.05, 0) is 37.4 Å². The standard InChI is InChI=1S/C22H26ClN9O/c1-22(2)16-14(17(30-29-16)25-19-26-18(23)27-20(28-19)31(3)4)11-32(22)21(33)24-15-10-13(15)12-8-6-5-7-9-12/h5-9,13,15H,10-11H2,1-4H3,(H,24,33)(H2,25,26,27,28,29,30)/t13-,15?/m1/s1. The Hall–Kier alpha value is -3.40. The van der Waals surface area contributed by atoms with Crippen LogP contribution in [0, 0.1) is 0 Å². The molecule has 1 unspecified atom stereocenters. The lowest BCUT2D eigenvalue weighted by molar-refractivity contribution is 0.142. The van der Waals surface area contributed by atoms with Crippen LogP contribution in [0.25, 0.3) is 0 Å². The predicted octanol–water partition coefficient (Wildman–Crippen LogP) is 3.37. The lowest BCUT2D eigenvalue weighted by atomic mass is 10.0. The highest BCUT2D eigenvalue weighted by Gasteiger charge is 2.46. The summed E-state index contributed by atoms with van der Waals surface area (Å²) in [6.45, 7) is 4.42. The van der Waals surface area contributed by atoms with Crippen molar-refractivity contribution >= 4 is 35.3 Å². The van der Waals surface area contributed by atoms with Crippen molar-refractivity contribution in [2.45, 2.75) is 44.3 Å². The Morgan fingerprint density at radius 1 is 1.21 bits per heavy atom. The first-order chi connectivity index (χ1) is 15.7. The normalized spacial score (nSPS) is 20.3. The first kappa shape index (κ1) is 21.4. The van der Waals surface area contributed by atoms with Crippen molar-refractivity contribution in [3.05, 3.63) is 52.4 Å². The number of nitrogens with one attached hydrogen (secondary N) is 3. The van der Waals surface area contributed by atoms with Gasteiger partial charge in [0.2, 0.25) is 17.2 Å². The first-order valence-corrected chi connectivity index (χ1v) is 11.2. The number of H-pyrrole nitrogens is 1. The van der Waals surface area contributed by atoms with Gasteiger partial charge in [0, 0.05) is 31.6 Å². The van der Waals surface area contributed by atoms with Crippen molar-refractivity contribution in [1.29, 1.82) is 0 Å². The molecule has 1 saturated carbocycles. The third kappa shape index (κ3) is 3.95. The zero-order valence-corrected chi connectivity index (χ0v) is 19.7. The molecule has 0 radical (unpaired) electrons. The summed E-state index contributed by atoms with van der Waals surface area (Å²) in [5, 5.41) is 13.9. The van der Waals surface area contributed by atoms with Gasteiger partial charge in [-0.15, -0.1) is 0 Å². The zero-order chi connectivity index (χ0) is 23.3. The minimum Gasteiger partial charge on any atom is -0.347 e. The van der Waals surface area contributed by atoms with Gasteiger partial charge in [0.15, 0.2) is 5.82 Å². The number of benzene rings is 1. The molecule has 2 aromatic heterocycles. The van der Waals surface area contributed by atoms with Gasteiger partial charge in [0.05, 0.1) is 17.8 Å². The number of aromatic nitrogens is 5. The molecule has 0 bridgehead atoms. The van der Waals surface area contributed by atoms with E-state index in [1.165, 1.54) is 5.56 Å². The van der Waals surface area contributed by atoms with Gasteiger partial charge in [-0.1, -0.05) is 30.3 Å². The number of halogens is 1. The highest BCUT2D eigenvalue weighted by Crippen LogP contribution is 2.43. The van der Waals surface area contributed by atoms with Gasteiger partial charge in [-0.2, -0.15) is 20.1 Å². The van der Waals surface area contributed by atoms with Gasteiger partial charge in [-0.3, -0.25) is 5.10 Å². The maximum Gasteiger partial charge on any atom is 0.318 e. The van der Waals surface area contributed by atoms with Crippen LogP contribution in [-0.4, -0.2) is 56.2 Å². The molecule has 5 rings (SSSR count). The molecule has 0 saturated heterocycles. The summed E-state index contributed by atoms with van der Waals surface area (Å²) in [5.74, 6) is 1.66. The molecule has 1 aliphatic heterocycles. The Morgan fingerprint density at radius 3 is 2.70 bits per heavy atom. The van der Waals surface area contributed by atoms with E-state index in [0.717, 1.165) is 17.7 Å². The third-order valence-electron chi connectivity index (χ3n) is 6.27. The average Bonchev–Trinajstić information content (AvgIpc) is 3.32. The van der Waals surface area contributed by atoms with Crippen LogP contribution < -0.4 is 15.5 Å². The Labute approximate surface area is 196 Å². The molecule has 3 aromatic rings. The van der Waals surface area contributed by atoms with Gasteiger partial charge < -0.3 is 20.4 Å². The SMILES string of the molecule is CN(C)c1nc(Cl)nc(Nc2n[nH]c3c2CN(C(=O)NC2C[C@@H]2c2ccccc2)C3(C)C)n1. The van der Waals surface area contributed by atoms with E-state index in [1.54, 1.807) is 4.90 Å². The third-order valence-corrected chi connectivity index (χ3v) is 6.44. The second-order valence-electron chi connectivity index (χ2n) is 9.13. The van der Waals surface area contributed by atoms with Gasteiger partial charge in [-0.25, -0.2) is 4.79 Å². The van der Waals surface area contributed by atoms with E-state index < -0.39 is 5.54 Å². The highest BCUT2D eigenvalue weighted by molar-refractivity contribution is 6.28. The summed E-state index contributed by atoms with van der Waals surface area (Å²) in [5.41, 5.74) is 2.49. The summed E-state index contributed by atoms with van der Waals surface area (Å²) in [6.07, 6.45) is 0.956. The van der Waals surface area contributed by atoms with E-state index in [4.69, 9.17) is 11.6 Å². The number of nitrogens with zero attached hydrogens (tertiary/aromatic N) is 6. The van der Waals surface area contributed by atoms with Gasteiger partial charge >= 0.3 is 6.03 Å². The smallest absolute Gasteiger partial charge is 0.318 e. The predicted molar refractivity (Wildman–Crippen MR) is 126 cm³/mol. The molecular weight excluding hydrogens is 442 g/mol. The molecule has 2 aliphatic rings. The van der Waals surface area contributed by atoms with E-state index >= 15 is 0 Å². The Morgan fingerprint density at radius 2 is 1.97 bits per heavy atom. The maximum atomic E-state index is 13.2. The fourth-order valence-corrected chi connectivity index (χ4v) is 4.46. The monoisotopic (exact) mass is 467 g/mol. The Kier molecular flexibility index (Phi) is 5.12. The minimum absolute atomic E-state index is 0.0853. The molecule has 3 N–H and O–H groups in total. The van der Waals surface area contributed by atoms with Gasteiger partial charge in [0.1, 0.15) is 0 Å². The summed E-state index contributed by atoms with van der Waals surface area (Å²) in [7, 11) is 3.64. The molecule has 172 valence electrons. The van der Waals surface area contributed by atoms with Crippen LogP contribution in [0.5, 0.6) is 0 Å². The lowest BCUT2D eigenvalue weighted by Crippen LogP contribution is -2.47. The Balaban J connectivity index is 1.31. The van der Waals surface area contributed by atoms with E-state index in [9.17, 15) is 4.79 Å². The van der Waals surface area contributed by atoms with Crippen LogP contribution in [0.2, 0.25) is 5.28 Å². The number of hydrogen-bond donors (Lipinski definition) is 3. The van der Waals surface area contributed by atoms with Crippen molar-refractivity contribution in [2.75, 3.05) is 24.3 Å². The summed E-state index contributed by atoms with van der Waals surface area (Å²) >= 11 is 6.05. The summed E-state index contributed by atoms with van der Waals surface area (Å²) in [6, 6.07) is 10.4. The number of urea groups is 1.